The van der Waals surface area contributed by atoms with Crippen molar-refractivity contribution in [2.45, 2.75) is 13.8 Å². The van der Waals surface area contributed by atoms with E-state index in [9.17, 15) is 4.79 Å². The van der Waals surface area contributed by atoms with Gasteiger partial charge in [0.25, 0.3) is 5.91 Å². The number of benzene rings is 2. The van der Waals surface area contributed by atoms with Gasteiger partial charge < -0.3 is 14.8 Å². The fraction of sp³-hybridized carbons (Fsp3) is 0.200. The summed E-state index contributed by atoms with van der Waals surface area (Å²) in [5.74, 6) is 0.663. The molecule has 0 saturated carbocycles. The van der Waals surface area contributed by atoms with E-state index in [0.29, 0.717) is 41.0 Å². The number of carbonyl (C=O) groups is 1. The van der Waals surface area contributed by atoms with Crippen LogP contribution in [0.25, 0.3) is 5.69 Å². The van der Waals surface area contributed by atoms with Crippen molar-refractivity contribution in [1.82, 2.24) is 9.78 Å². The lowest BCUT2D eigenvalue weighted by molar-refractivity contribution is 0.102. The quantitative estimate of drug-likeness (QED) is 0.737. The van der Waals surface area contributed by atoms with Gasteiger partial charge in [0, 0.05) is 11.3 Å². The van der Waals surface area contributed by atoms with Gasteiger partial charge in [0.05, 0.1) is 22.1 Å². The SMILES string of the molecule is Cc1cc(C)n(-c2ccccc2NC(=O)c2cc(Cl)c3c(c2)OCCO3)n1. The molecular formula is C20H18ClN3O3. The topological polar surface area (TPSA) is 65.4 Å². The molecule has 1 N–H and O–H groups in total. The summed E-state index contributed by atoms with van der Waals surface area (Å²) in [5.41, 5.74) is 3.73. The number of hydrogen-bond acceptors (Lipinski definition) is 4. The number of aryl methyl sites for hydroxylation is 2. The van der Waals surface area contributed by atoms with E-state index >= 15 is 0 Å². The fourth-order valence-corrected chi connectivity index (χ4v) is 3.34. The van der Waals surface area contributed by atoms with Crippen LogP contribution in [-0.2, 0) is 0 Å². The van der Waals surface area contributed by atoms with Crippen LogP contribution >= 0.6 is 11.6 Å². The Morgan fingerprint density at radius 2 is 1.93 bits per heavy atom. The molecule has 0 bridgehead atoms. The number of aromatic nitrogens is 2. The Labute approximate surface area is 161 Å². The van der Waals surface area contributed by atoms with Crippen LogP contribution in [0.1, 0.15) is 21.7 Å². The van der Waals surface area contributed by atoms with E-state index in [2.05, 4.69) is 10.4 Å². The van der Waals surface area contributed by atoms with Gasteiger partial charge in [-0.05, 0) is 44.2 Å². The Hall–Kier alpha value is -2.99. The molecule has 7 heteroatoms. The Morgan fingerprint density at radius 3 is 2.70 bits per heavy atom. The van der Waals surface area contributed by atoms with E-state index in [0.717, 1.165) is 17.1 Å². The molecule has 0 atom stereocenters. The first kappa shape index (κ1) is 17.4. The molecule has 2 heterocycles. The van der Waals surface area contributed by atoms with Gasteiger partial charge in [0.15, 0.2) is 11.5 Å². The van der Waals surface area contributed by atoms with E-state index in [-0.39, 0.29) is 5.91 Å². The zero-order valence-corrected chi connectivity index (χ0v) is 15.7. The molecule has 1 aliphatic rings. The molecule has 0 radical (unpaired) electrons. The third-order valence-electron chi connectivity index (χ3n) is 4.25. The number of rotatable bonds is 3. The van der Waals surface area contributed by atoms with E-state index < -0.39 is 0 Å². The van der Waals surface area contributed by atoms with Crippen molar-refractivity contribution in [1.29, 1.82) is 0 Å². The number of carbonyl (C=O) groups excluding carboxylic acids is 1. The van der Waals surface area contributed by atoms with Gasteiger partial charge in [0.1, 0.15) is 13.2 Å². The highest BCUT2D eigenvalue weighted by Crippen LogP contribution is 2.38. The highest BCUT2D eigenvalue weighted by molar-refractivity contribution is 6.32. The summed E-state index contributed by atoms with van der Waals surface area (Å²) in [4.78, 5) is 12.8. The van der Waals surface area contributed by atoms with Gasteiger partial charge in [-0.25, -0.2) is 4.68 Å². The highest BCUT2D eigenvalue weighted by atomic mass is 35.5. The number of halogens is 1. The largest absolute Gasteiger partial charge is 0.486 e. The maximum absolute atomic E-state index is 12.8. The second-order valence-corrected chi connectivity index (χ2v) is 6.70. The number of nitrogens with zero attached hydrogens (tertiary/aromatic N) is 2. The number of anilines is 1. The zero-order valence-electron chi connectivity index (χ0n) is 15.0. The molecule has 0 aliphatic carbocycles. The van der Waals surface area contributed by atoms with Crippen molar-refractivity contribution in [3.8, 4) is 17.2 Å². The summed E-state index contributed by atoms with van der Waals surface area (Å²) >= 11 is 6.25. The van der Waals surface area contributed by atoms with Gasteiger partial charge in [-0.2, -0.15) is 5.10 Å². The molecule has 3 aromatic rings. The summed E-state index contributed by atoms with van der Waals surface area (Å²) in [5, 5.41) is 7.79. The molecule has 0 unspecified atom stereocenters. The summed E-state index contributed by atoms with van der Waals surface area (Å²) in [6.45, 7) is 4.77. The van der Waals surface area contributed by atoms with E-state index in [1.54, 1.807) is 12.1 Å². The molecule has 138 valence electrons. The average Bonchev–Trinajstić information content (AvgIpc) is 3.00. The van der Waals surface area contributed by atoms with E-state index in [1.807, 2.05) is 48.9 Å². The molecule has 2 aromatic carbocycles. The number of nitrogens with one attached hydrogen (secondary N) is 1. The molecule has 1 amide bonds. The molecule has 1 aromatic heterocycles. The van der Waals surface area contributed by atoms with Crippen LogP contribution in [0.5, 0.6) is 11.5 Å². The lowest BCUT2D eigenvalue weighted by atomic mass is 10.1. The average molecular weight is 384 g/mol. The second-order valence-electron chi connectivity index (χ2n) is 6.29. The van der Waals surface area contributed by atoms with Crippen LogP contribution < -0.4 is 14.8 Å². The van der Waals surface area contributed by atoms with Crippen molar-refractivity contribution >= 4 is 23.2 Å². The summed E-state index contributed by atoms with van der Waals surface area (Å²) in [7, 11) is 0. The monoisotopic (exact) mass is 383 g/mol. The maximum atomic E-state index is 12.8. The van der Waals surface area contributed by atoms with Gasteiger partial charge in [-0.3, -0.25) is 4.79 Å². The van der Waals surface area contributed by atoms with Crippen molar-refractivity contribution in [2.75, 3.05) is 18.5 Å². The predicted octanol–water partition coefficient (Wildman–Crippen LogP) is 4.17. The smallest absolute Gasteiger partial charge is 0.255 e. The summed E-state index contributed by atoms with van der Waals surface area (Å²) in [6, 6.07) is 12.7. The van der Waals surface area contributed by atoms with Gasteiger partial charge in [-0.15, -0.1) is 0 Å². The third kappa shape index (κ3) is 3.36. The molecule has 27 heavy (non-hydrogen) atoms. The second kappa shape index (κ2) is 6.96. The van der Waals surface area contributed by atoms with Crippen LogP contribution in [0.4, 0.5) is 5.69 Å². The number of amides is 1. The fourth-order valence-electron chi connectivity index (χ4n) is 3.07. The third-order valence-corrected chi connectivity index (χ3v) is 4.53. The Morgan fingerprint density at radius 1 is 1.15 bits per heavy atom. The number of ether oxygens (including phenoxy) is 2. The highest BCUT2D eigenvalue weighted by Gasteiger charge is 2.20. The number of hydrogen-bond donors (Lipinski definition) is 1. The van der Waals surface area contributed by atoms with Gasteiger partial charge in [-0.1, -0.05) is 23.7 Å². The minimum absolute atomic E-state index is 0.289. The predicted molar refractivity (Wildman–Crippen MR) is 103 cm³/mol. The lowest BCUT2D eigenvalue weighted by Gasteiger charge is -2.20. The first-order chi connectivity index (χ1) is 13.0. The van der Waals surface area contributed by atoms with Gasteiger partial charge >= 0.3 is 0 Å². The molecule has 0 fully saturated rings. The number of para-hydroxylation sites is 2. The molecular weight excluding hydrogens is 366 g/mol. The van der Waals surface area contributed by atoms with Crippen molar-refractivity contribution in [3.05, 3.63) is 64.4 Å². The summed E-state index contributed by atoms with van der Waals surface area (Å²) < 4.78 is 12.9. The van der Waals surface area contributed by atoms with Crippen molar-refractivity contribution in [3.63, 3.8) is 0 Å². The normalized spacial score (nSPS) is 12.7. The molecule has 1 aliphatic heterocycles. The van der Waals surface area contributed by atoms with Crippen LogP contribution in [0, 0.1) is 13.8 Å². The standard InChI is InChI=1S/C20H18ClN3O3/c1-12-9-13(2)24(23-12)17-6-4-3-5-16(17)22-20(25)14-10-15(21)19-18(11-14)26-7-8-27-19/h3-6,9-11H,7-8H2,1-2H3,(H,22,25). The van der Waals surface area contributed by atoms with E-state index in [1.165, 1.54) is 0 Å². The number of fused-ring (bicyclic) bond motifs is 1. The first-order valence-corrected chi connectivity index (χ1v) is 8.94. The minimum Gasteiger partial charge on any atom is -0.486 e. The van der Waals surface area contributed by atoms with E-state index in [4.69, 9.17) is 21.1 Å². The minimum atomic E-state index is -0.289. The maximum Gasteiger partial charge on any atom is 0.255 e. The van der Waals surface area contributed by atoms with Crippen LogP contribution in [0.15, 0.2) is 42.5 Å². The molecule has 0 saturated heterocycles. The Bertz CT molecular complexity index is 1030. The molecule has 0 spiro atoms. The Balaban J connectivity index is 1.67. The van der Waals surface area contributed by atoms with Crippen LogP contribution in [0.2, 0.25) is 5.02 Å². The van der Waals surface area contributed by atoms with Crippen molar-refractivity contribution in [2.24, 2.45) is 0 Å². The van der Waals surface area contributed by atoms with Crippen molar-refractivity contribution < 1.29 is 14.3 Å². The Kier molecular flexibility index (Phi) is 4.49. The molecule has 6 nitrogen and oxygen atoms in total. The van der Waals surface area contributed by atoms with Crippen LogP contribution in [-0.4, -0.2) is 28.9 Å². The van der Waals surface area contributed by atoms with Crippen LogP contribution in [0.3, 0.4) is 0 Å². The first-order valence-electron chi connectivity index (χ1n) is 8.56. The summed E-state index contributed by atoms with van der Waals surface area (Å²) in [6.07, 6.45) is 0. The molecule has 4 rings (SSSR count). The van der Waals surface area contributed by atoms with Gasteiger partial charge in [0.2, 0.25) is 0 Å². The lowest BCUT2D eigenvalue weighted by Crippen LogP contribution is -2.18. The zero-order chi connectivity index (χ0) is 19.0.